The van der Waals surface area contributed by atoms with Gasteiger partial charge in [0.1, 0.15) is 18.4 Å². The Bertz CT molecular complexity index is 1690. The van der Waals surface area contributed by atoms with Crippen LogP contribution in [0.15, 0.2) is 114 Å². The zero-order chi connectivity index (χ0) is 32.5. The van der Waals surface area contributed by atoms with Crippen molar-refractivity contribution in [1.29, 1.82) is 0 Å². The van der Waals surface area contributed by atoms with E-state index in [-0.39, 0.29) is 29.8 Å². The maximum absolute atomic E-state index is 14.5. The summed E-state index contributed by atoms with van der Waals surface area (Å²) in [6, 6.07) is 29.4. The lowest BCUT2D eigenvalue weighted by atomic mass is 10.0. The minimum absolute atomic E-state index is 0.0112. The van der Waals surface area contributed by atoms with Crippen LogP contribution in [0.3, 0.4) is 0 Å². The van der Waals surface area contributed by atoms with Crippen LogP contribution in [0.25, 0.3) is 0 Å². The fraction of sp³-hybridized carbons (Fsp3) is 0.297. The molecule has 1 fully saturated rings. The van der Waals surface area contributed by atoms with Gasteiger partial charge >= 0.3 is 0 Å². The molecule has 0 heterocycles. The quantitative estimate of drug-likeness (QED) is 0.186. The van der Waals surface area contributed by atoms with E-state index in [1.54, 1.807) is 42.5 Å². The zero-order valence-corrected chi connectivity index (χ0v) is 26.8. The number of sulfonamides is 1. The summed E-state index contributed by atoms with van der Waals surface area (Å²) in [7, 11) is -4.17. The Hall–Kier alpha value is -4.50. The third-order valence-corrected chi connectivity index (χ3v) is 10.3. The highest BCUT2D eigenvalue weighted by molar-refractivity contribution is 7.92. The molecule has 0 radical (unpaired) electrons. The van der Waals surface area contributed by atoms with Gasteiger partial charge in [-0.3, -0.25) is 13.9 Å². The SMILES string of the molecule is CCc1ccc(N(CC(=O)N(Cc2ccc(F)cc2)[C@H](Cc2ccccc2)C(=O)NC2CCCC2)S(=O)(=O)c2ccccc2)cc1. The van der Waals surface area contributed by atoms with Gasteiger partial charge in [-0.15, -0.1) is 0 Å². The molecule has 240 valence electrons. The summed E-state index contributed by atoms with van der Waals surface area (Å²) in [5, 5.41) is 3.16. The summed E-state index contributed by atoms with van der Waals surface area (Å²) >= 11 is 0. The summed E-state index contributed by atoms with van der Waals surface area (Å²) < 4.78 is 43.2. The van der Waals surface area contributed by atoms with Gasteiger partial charge in [0.2, 0.25) is 11.8 Å². The largest absolute Gasteiger partial charge is 0.352 e. The highest BCUT2D eigenvalue weighted by atomic mass is 32.2. The van der Waals surface area contributed by atoms with Crippen LogP contribution < -0.4 is 9.62 Å². The molecule has 2 amide bonds. The van der Waals surface area contributed by atoms with E-state index in [4.69, 9.17) is 0 Å². The highest BCUT2D eigenvalue weighted by Gasteiger charge is 2.35. The van der Waals surface area contributed by atoms with E-state index in [2.05, 4.69) is 5.32 Å². The Kier molecular flexibility index (Phi) is 10.9. The summed E-state index contributed by atoms with van der Waals surface area (Å²) in [6.07, 6.45) is 4.78. The summed E-state index contributed by atoms with van der Waals surface area (Å²) in [5.41, 5.74) is 2.84. The van der Waals surface area contributed by atoms with E-state index >= 15 is 0 Å². The number of halogens is 1. The molecule has 1 aliphatic rings. The number of anilines is 1. The molecular formula is C37H40FN3O4S. The maximum atomic E-state index is 14.5. The van der Waals surface area contributed by atoms with E-state index in [0.29, 0.717) is 11.3 Å². The minimum atomic E-state index is -4.17. The molecule has 4 aromatic rings. The van der Waals surface area contributed by atoms with Crippen molar-refractivity contribution in [1.82, 2.24) is 10.2 Å². The van der Waals surface area contributed by atoms with Gasteiger partial charge in [-0.05, 0) is 72.4 Å². The van der Waals surface area contributed by atoms with Crippen molar-refractivity contribution < 1.29 is 22.4 Å². The first-order valence-electron chi connectivity index (χ1n) is 15.8. The lowest BCUT2D eigenvalue weighted by Gasteiger charge is -2.34. The first kappa shape index (κ1) is 32.9. The van der Waals surface area contributed by atoms with Gasteiger partial charge in [-0.2, -0.15) is 0 Å². The predicted octanol–water partition coefficient (Wildman–Crippen LogP) is 6.28. The Balaban J connectivity index is 1.55. The fourth-order valence-corrected chi connectivity index (χ4v) is 7.29. The molecule has 5 rings (SSSR count). The number of hydrogen-bond donors (Lipinski definition) is 1. The normalized spacial score (nSPS) is 14.0. The number of nitrogens with one attached hydrogen (secondary N) is 1. The van der Waals surface area contributed by atoms with Crippen LogP contribution in [0.5, 0.6) is 0 Å². The molecule has 0 aliphatic heterocycles. The molecule has 0 aromatic heterocycles. The van der Waals surface area contributed by atoms with E-state index in [0.717, 1.165) is 47.5 Å². The fourth-order valence-electron chi connectivity index (χ4n) is 5.85. The third-order valence-electron chi connectivity index (χ3n) is 8.48. The molecule has 1 atom stereocenters. The van der Waals surface area contributed by atoms with Crippen LogP contribution in [0.1, 0.15) is 49.3 Å². The van der Waals surface area contributed by atoms with Crippen LogP contribution in [-0.4, -0.2) is 43.8 Å². The van der Waals surface area contributed by atoms with Gasteiger partial charge in [-0.1, -0.05) is 92.6 Å². The van der Waals surface area contributed by atoms with Crippen molar-refractivity contribution >= 4 is 27.5 Å². The number of benzene rings is 4. The monoisotopic (exact) mass is 641 g/mol. The molecule has 0 unspecified atom stereocenters. The molecule has 0 spiro atoms. The summed E-state index contributed by atoms with van der Waals surface area (Å²) in [5.74, 6) is -1.26. The van der Waals surface area contributed by atoms with Gasteiger partial charge in [-0.25, -0.2) is 12.8 Å². The second kappa shape index (κ2) is 15.2. The Morgan fingerprint density at radius 1 is 0.804 bits per heavy atom. The zero-order valence-electron chi connectivity index (χ0n) is 26.0. The topological polar surface area (TPSA) is 86.8 Å². The second-order valence-electron chi connectivity index (χ2n) is 11.7. The number of carbonyl (C=O) groups excluding carboxylic acids is 2. The van der Waals surface area contributed by atoms with E-state index in [1.807, 2.05) is 49.4 Å². The summed E-state index contributed by atoms with van der Waals surface area (Å²) in [6.45, 7) is 1.46. The average Bonchev–Trinajstić information content (AvgIpc) is 3.60. The van der Waals surface area contributed by atoms with Gasteiger partial charge in [0, 0.05) is 19.0 Å². The van der Waals surface area contributed by atoms with Gasteiger partial charge < -0.3 is 10.2 Å². The van der Waals surface area contributed by atoms with Crippen molar-refractivity contribution in [2.24, 2.45) is 0 Å². The molecule has 7 nitrogen and oxygen atoms in total. The highest BCUT2D eigenvalue weighted by Crippen LogP contribution is 2.26. The second-order valence-corrected chi connectivity index (χ2v) is 13.6. The molecule has 0 saturated heterocycles. The number of hydrogen-bond acceptors (Lipinski definition) is 4. The number of aryl methyl sites for hydroxylation is 1. The molecule has 1 N–H and O–H groups in total. The third kappa shape index (κ3) is 8.20. The summed E-state index contributed by atoms with van der Waals surface area (Å²) in [4.78, 5) is 30.1. The maximum Gasteiger partial charge on any atom is 0.264 e. The standard InChI is InChI=1S/C37H40FN3O4S/c1-2-28-19-23-33(24-20-28)41(46(44,45)34-15-7-4-8-16-34)27-36(42)40(26-30-17-21-31(38)22-18-30)35(25-29-11-5-3-6-12-29)37(43)39-32-13-9-10-14-32/h3-8,11-12,15-24,32,35H,2,9-10,13-14,25-27H2,1H3,(H,39,43)/t35-/m1/s1. The van der Waals surface area contributed by atoms with Crippen molar-refractivity contribution in [2.45, 2.75) is 69.0 Å². The van der Waals surface area contributed by atoms with Crippen molar-refractivity contribution in [2.75, 3.05) is 10.8 Å². The van der Waals surface area contributed by atoms with Crippen molar-refractivity contribution in [3.8, 4) is 0 Å². The number of carbonyl (C=O) groups is 2. The van der Waals surface area contributed by atoms with Crippen molar-refractivity contribution in [3.05, 3.63) is 132 Å². The van der Waals surface area contributed by atoms with Gasteiger partial charge in [0.15, 0.2) is 0 Å². The van der Waals surface area contributed by atoms with E-state index in [1.165, 1.54) is 29.2 Å². The molecule has 1 aliphatic carbocycles. The van der Waals surface area contributed by atoms with Crippen LogP contribution in [0.2, 0.25) is 0 Å². The Labute approximate surface area is 271 Å². The lowest BCUT2D eigenvalue weighted by molar-refractivity contribution is -0.140. The van der Waals surface area contributed by atoms with Crippen LogP contribution in [-0.2, 0) is 39.0 Å². The Morgan fingerprint density at radius 2 is 1.39 bits per heavy atom. The minimum Gasteiger partial charge on any atom is -0.352 e. The molecule has 9 heteroatoms. The Morgan fingerprint density at radius 3 is 2.00 bits per heavy atom. The number of rotatable bonds is 13. The molecule has 4 aromatic carbocycles. The van der Waals surface area contributed by atoms with E-state index in [9.17, 15) is 22.4 Å². The molecular weight excluding hydrogens is 601 g/mol. The molecule has 0 bridgehead atoms. The number of nitrogens with zero attached hydrogens (tertiary/aromatic N) is 2. The first-order chi connectivity index (χ1) is 22.2. The van der Waals surface area contributed by atoms with Crippen LogP contribution >= 0.6 is 0 Å². The van der Waals surface area contributed by atoms with Gasteiger partial charge in [0.25, 0.3) is 10.0 Å². The smallest absolute Gasteiger partial charge is 0.264 e. The van der Waals surface area contributed by atoms with Crippen LogP contribution in [0.4, 0.5) is 10.1 Å². The molecule has 46 heavy (non-hydrogen) atoms. The van der Waals surface area contributed by atoms with Gasteiger partial charge in [0.05, 0.1) is 10.6 Å². The van der Waals surface area contributed by atoms with Crippen LogP contribution in [0, 0.1) is 5.82 Å². The first-order valence-corrected chi connectivity index (χ1v) is 17.2. The van der Waals surface area contributed by atoms with E-state index < -0.39 is 34.3 Å². The van der Waals surface area contributed by atoms with Crippen molar-refractivity contribution in [3.63, 3.8) is 0 Å². The average molecular weight is 642 g/mol. The number of amides is 2. The predicted molar refractivity (Wildman–Crippen MR) is 178 cm³/mol. The molecule has 1 saturated carbocycles. The lowest BCUT2D eigenvalue weighted by Crippen LogP contribution is -2.54.